The van der Waals surface area contributed by atoms with Crippen LogP contribution in [0.4, 0.5) is 5.69 Å². The van der Waals surface area contributed by atoms with Crippen molar-refractivity contribution in [1.29, 1.82) is 0 Å². The summed E-state index contributed by atoms with van der Waals surface area (Å²) in [6, 6.07) is 33.3. The van der Waals surface area contributed by atoms with Crippen LogP contribution in [0, 0.1) is 10.1 Å². The van der Waals surface area contributed by atoms with E-state index in [1.807, 2.05) is 91.0 Å². The number of halogens is 1. The van der Waals surface area contributed by atoms with Gasteiger partial charge in [-0.25, -0.2) is 0 Å². The maximum atomic E-state index is 11.9. The Morgan fingerprint density at radius 1 is 0.957 bits per heavy atom. The summed E-state index contributed by atoms with van der Waals surface area (Å²) in [7, 11) is 1.46. The van der Waals surface area contributed by atoms with E-state index in [1.165, 1.54) is 13.2 Å². The third-order valence-electron chi connectivity index (χ3n) is 7.75. The molecule has 0 radical (unpaired) electrons. The monoisotopic (exact) mass is 688 g/mol. The third kappa shape index (κ3) is 7.23. The Kier molecular flexibility index (Phi) is 11.4. The number of ether oxygens (including phenoxy) is 5. The molecule has 0 amide bonds. The molecule has 12 heteroatoms. The van der Waals surface area contributed by atoms with E-state index in [-0.39, 0.29) is 18.9 Å². The van der Waals surface area contributed by atoms with Crippen LogP contribution in [0.25, 0.3) is 10.4 Å². The lowest BCUT2D eigenvalue weighted by Gasteiger charge is -2.37. The molecular weight excluding hydrogens is 656 g/mol. The number of nitro benzene ring substituents is 1. The van der Waals surface area contributed by atoms with E-state index in [2.05, 4.69) is 26.0 Å². The number of nitro groups is 1. The van der Waals surface area contributed by atoms with Crippen LogP contribution in [0.3, 0.4) is 0 Å². The molecule has 1 saturated heterocycles. The number of alkyl halides is 1. The van der Waals surface area contributed by atoms with Crippen LogP contribution in [-0.4, -0.2) is 55.1 Å². The Morgan fingerprint density at radius 2 is 1.54 bits per heavy atom. The number of hydrogen-bond donors (Lipinski definition) is 0. The van der Waals surface area contributed by atoms with Gasteiger partial charge in [0.2, 0.25) is 0 Å². The highest BCUT2D eigenvalue weighted by atomic mass is 79.9. The Bertz CT molecular complexity index is 1530. The predicted octanol–water partition coefficient (Wildman–Crippen LogP) is 7.31. The van der Waals surface area contributed by atoms with E-state index in [0.717, 1.165) is 16.7 Å². The number of rotatable bonds is 15. The van der Waals surface area contributed by atoms with Crippen LogP contribution in [0.15, 0.2) is 114 Å². The van der Waals surface area contributed by atoms with Gasteiger partial charge in [0.05, 0.1) is 48.5 Å². The zero-order valence-corrected chi connectivity index (χ0v) is 26.6. The number of nitrogens with zero attached hydrogens (tertiary/aromatic N) is 4. The largest absolute Gasteiger partial charge is 0.492 e. The Hall–Kier alpha value is -4.29. The van der Waals surface area contributed by atoms with Gasteiger partial charge in [-0.3, -0.25) is 10.1 Å². The highest BCUT2D eigenvalue weighted by Gasteiger charge is 2.47. The van der Waals surface area contributed by atoms with E-state index in [4.69, 9.17) is 23.7 Å². The van der Waals surface area contributed by atoms with E-state index in [9.17, 15) is 15.6 Å². The lowest BCUT2D eigenvalue weighted by molar-refractivity contribution is -0.386. The topological polar surface area (TPSA) is 138 Å². The van der Waals surface area contributed by atoms with Crippen LogP contribution in [-0.2, 0) is 31.2 Å². The highest BCUT2D eigenvalue weighted by molar-refractivity contribution is 9.09. The van der Waals surface area contributed by atoms with Crippen LogP contribution in [0.1, 0.15) is 22.3 Å². The average molecular weight is 690 g/mol. The molecule has 0 saturated carbocycles. The summed E-state index contributed by atoms with van der Waals surface area (Å²) in [6.45, 7) is 0.205. The van der Waals surface area contributed by atoms with Crippen molar-refractivity contribution >= 4 is 21.6 Å². The summed E-state index contributed by atoms with van der Waals surface area (Å²) in [5.41, 5.74) is 11.4. The summed E-state index contributed by atoms with van der Waals surface area (Å²) in [5, 5.41) is 16.5. The normalized spacial score (nSPS) is 19.3. The van der Waals surface area contributed by atoms with Gasteiger partial charge in [-0.05, 0) is 34.4 Å². The molecule has 11 nitrogen and oxygen atoms in total. The Balaban J connectivity index is 1.44. The van der Waals surface area contributed by atoms with Crippen LogP contribution in [0.5, 0.6) is 5.75 Å². The van der Waals surface area contributed by atoms with Crippen molar-refractivity contribution in [3.8, 4) is 5.75 Å². The minimum absolute atomic E-state index is 0.00183. The molecule has 4 atom stereocenters. The molecule has 0 aromatic heterocycles. The highest BCUT2D eigenvalue weighted by Crippen LogP contribution is 2.41. The maximum Gasteiger partial charge on any atom is 0.278 e. The van der Waals surface area contributed by atoms with Crippen molar-refractivity contribution in [2.24, 2.45) is 5.11 Å². The van der Waals surface area contributed by atoms with Crippen LogP contribution in [0.2, 0.25) is 0 Å². The molecule has 0 aliphatic carbocycles. The SMILES string of the molecule is CO[C@@H]1O[C@H](COC(c2ccccc2)(c2ccccc2)c2ccccc2)[C@@H](N=[N+]=[N-])[C@H]1OCc1ccc(OCCBr)cc1[N+](=O)[O-]. The molecular formula is C34H33BrN4O7. The van der Waals surface area contributed by atoms with Crippen molar-refractivity contribution in [1.82, 2.24) is 0 Å². The smallest absolute Gasteiger partial charge is 0.278 e. The van der Waals surface area contributed by atoms with E-state index in [1.54, 1.807) is 12.1 Å². The summed E-state index contributed by atoms with van der Waals surface area (Å²) < 4.78 is 30.4. The lowest BCUT2D eigenvalue weighted by atomic mass is 9.80. The van der Waals surface area contributed by atoms with Gasteiger partial charge >= 0.3 is 0 Å². The first kappa shape index (κ1) is 33.1. The second-order valence-electron chi connectivity index (χ2n) is 10.4. The number of hydrogen-bond acceptors (Lipinski definition) is 8. The first-order valence-electron chi connectivity index (χ1n) is 14.6. The molecule has 0 unspecified atom stereocenters. The van der Waals surface area contributed by atoms with Gasteiger partial charge in [-0.15, -0.1) is 0 Å². The Labute approximate surface area is 274 Å². The minimum Gasteiger partial charge on any atom is -0.492 e. The van der Waals surface area contributed by atoms with Crippen molar-refractivity contribution in [2.45, 2.75) is 36.7 Å². The van der Waals surface area contributed by atoms with E-state index in [0.29, 0.717) is 23.2 Å². The van der Waals surface area contributed by atoms with E-state index >= 15 is 0 Å². The second-order valence-corrected chi connectivity index (χ2v) is 11.2. The van der Waals surface area contributed by atoms with Gasteiger partial charge in [-0.2, -0.15) is 0 Å². The number of methoxy groups -OCH3 is 1. The van der Waals surface area contributed by atoms with Gasteiger partial charge in [-0.1, -0.05) is 112 Å². The van der Waals surface area contributed by atoms with Crippen molar-refractivity contribution in [3.05, 3.63) is 152 Å². The van der Waals surface area contributed by atoms with Gasteiger partial charge in [0, 0.05) is 17.4 Å². The van der Waals surface area contributed by atoms with Crippen LogP contribution >= 0.6 is 15.9 Å². The summed E-state index contributed by atoms with van der Waals surface area (Å²) in [6.07, 6.45) is -2.57. The van der Waals surface area contributed by atoms with Crippen LogP contribution < -0.4 is 4.74 Å². The van der Waals surface area contributed by atoms with Crippen molar-refractivity contribution < 1.29 is 28.6 Å². The van der Waals surface area contributed by atoms with Gasteiger partial charge in [0.1, 0.15) is 17.5 Å². The molecule has 1 aliphatic rings. The molecule has 0 N–H and O–H groups in total. The third-order valence-corrected chi connectivity index (χ3v) is 8.07. The van der Waals surface area contributed by atoms with E-state index < -0.39 is 35.1 Å². The molecule has 5 rings (SSSR count). The fourth-order valence-electron chi connectivity index (χ4n) is 5.65. The average Bonchev–Trinajstić information content (AvgIpc) is 3.44. The molecule has 4 aromatic carbocycles. The number of azide groups is 1. The Morgan fingerprint density at radius 3 is 2.04 bits per heavy atom. The molecule has 1 heterocycles. The van der Waals surface area contributed by atoms with Gasteiger partial charge in [0.15, 0.2) is 6.29 Å². The van der Waals surface area contributed by atoms with Crippen molar-refractivity contribution in [2.75, 3.05) is 25.7 Å². The molecule has 238 valence electrons. The van der Waals surface area contributed by atoms with Crippen molar-refractivity contribution in [3.63, 3.8) is 0 Å². The molecule has 46 heavy (non-hydrogen) atoms. The summed E-state index contributed by atoms with van der Waals surface area (Å²) in [4.78, 5) is 14.4. The predicted molar refractivity (Wildman–Crippen MR) is 175 cm³/mol. The molecule has 1 aliphatic heterocycles. The second kappa shape index (κ2) is 15.8. The van der Waals surface area contributed by atoms with Gasteiger partial charge < -0.3 is 23.7 Å². The zero-order chi connectivity index (χ0) is 32.4. The maximum absolute atomic E-state index is 11.9. The molecule has 0 spiro atoms. The molecule has 1 fully saturated rings. The standard InChI is InChI=1S/C34H33BrN4O7/c1-42-33-32(44-22-24-17-18-28(43-20-19-35)21-29(24)39(40)41)31(37-38-36)30(46-33)23-45-34(25-11-5-2-6-12-25,26-13-7-3-8-14-26)27-15-9-4-10-16-27/h2-18,21,30-33H,19-20,22-23H2,1H3/t30-,31-,32-,33-/m1/s1. The molecule has 4 aromatic rings. The first-order chi connectivity index (χ1) is 22.5. The van der Waals surface area contributed by atoms with Gasteiger partial charge in [0.25, 0.3) is 5.69 Å². The zero-order valence-electron chi connectivity index (χ0n) is 25.1. The fraction of sp³-hybridized carbons (Fsp3) is 0.294. The number of benzene rings is 4. The fourth-order valence-corrected chi connectivity index (χ4v) is 5.81. The minimum atomic E-state index is -1.03. The first-order valence-corrected chi connectivity index (χ1v) is 15.7. The summed E-state index contributed by atoms with van der Waals surface area (Å²) >= 11 is 3.28. The summed E-state index contributed by atoms with van der Waals surface area (Å²) in [5.74, 6) is 0.372. The molecule has 0 bridgehead atoms. The lowest BCUT2D eigenvalue weighted by Crippen LogP contribution is -2.39. The quantitative estimate of drug-likeness (QED) is 0.0243.